The maximum atomic E-state index is 12.8. The Bertz CT molecular complexity index is 1120. The highest BCUT2D eigenvalue weighted by atomic mass is 32.2. The summed E-state index contributed by atoms with van der Waals surface area (Å²) in [7, 11) is 0. The summed E-state index contributed by atoms with van der Waals surface area (Å²) >= 11 is 2.87. The minimum atomic E-state index is -0.350. The van der Waals surface area contributed by atoms with Crippen molar-refractivity contribution in [3.05, 3.63) is 48.8 Å². The van der Waals surface area contributed by atoms with Crippen molar-refractivity contribution < 1.29 is 4.79 Å². The fraction of sp³-hybridized carbons (Fsp3) is 0.286. The Hall–Kier alpha value is -2.78. The number of pyridine rings is 1. The largest absolute Gasteiger partial charge is 0.302 e. The van der Waals surface area contributed by atoms with Gasteiger partial charge in [0.2, 0.25) is 5.91 Å². The molecule has 0 radical (unpaired) electrons. The second kappa shape index (κ2) is 8.93. The summed E-state index contributed by atoms with van der Waals surface area (Å²) < 4.78 is 3.12. The lowest BCUT2D eigenvalue weighted by Gasteiger charge is -2.14. The molecule has 4 rings (SSSR count). The number of fused-ring (bicyclic) bond motifs is 1. The van der Waals surface area contributed by atoms with E-state index in [4.69, 9.17) is 0 Å². The molecule has 3 aromatic heterocycles. The van der Waals surface area contributed by atoms with Gasteiger partial charge in [-0.25, -0.2) is 4.98 Å². The van der Waals surface area contributed by atoms with E-state index in [1.54, 1.807) is 12.4 Å². The molecule has 0 aliphatic carbocycles. The van der Waals surface area contributed by atoms with Crippen LogP contribution in [0.15, 0.2) is 53.9 Å². The quantitative estimate of drug-likeness (QED) is 0.420. The first-order valence-corrected chi connectivity index (χ1v) is 11.4. The van der Waals surface area contributed by atoms with E-state index < -0.39 is 0 Å². The topological polar surface area (TPSA) is 85.6 Å². The van der Waals surface area contributed by atoms with E-state index in [9.17, 15) is 4.79 Å². The van der Waals surface area contributed by atoms with Crippen LogP contribution in [0.1, 0.15) is 20.8 Å². The molecule has 0 aliphatic rings. The molecule has 1 aromatic carbocycles. The first kappa shape index (κ1) is 20.5. The summed E-state index contributed by atoms with van der Waals surface area (Å²) in [6.45, 7) is 6.93. The van der Waals surface area contributed by atoms with Crippen LogP contribution in [-0.2, 0) is 11.3 Å². The summed E-state index contributed by atoms with van der Waals surface area (Å²) in [6.07, 6.45) is 3.48. The van der Waals surface area contributed by atoms with Crippen molar-refractivity contribution in [3.63, 3.8) is 0 Å². The van der Waals surface area contributed by atoms with Gasteiger partial charge in [0.15, 0.2) is 16.1 Å². The predicted octanol–water partition coefficient (Wildman–Crippen LogP) is 4.73. The molecule has 30 heavy (non-hydrogen) atoms. The molecule has 0 bridgehead atoms. The third kappa shape index (κ3) is 4.52. The van der Waals surface area contributed by atoms with Crippen LogP contribution in [0.4, 0.5) is 5.13 Å². The molecule has 0 saturated heterocycles. The number of nitrogens with zero attached hydrogens (tertiary/aromatic N) is 5. The van der Waals surface area contributed by atoms with Gasteiger partial charge in [0.25, 0.3) is 0 Å². The number of anilines is 1. The predicted molar refractivity (Wildman–Crippen MR) is 122 cm³/mol. The van der Waals surface area contributed by atoms with Crippen LogP contribution >= 0.6 is 23.1 Å². The summed E-state index contributed by atoms with van der Waals surface area (Å²) in [5.74, 6) is 1.09. The number of thioether (sulfide) groups is 1. The Morgan fingerprint density at radius 1 is 1.13 bits per heavy atom. The molecular formula is C21H22N6OS2. The molecule has 4 aromatic rings. The average Bonchev–Trinajstić information content (AvgIpc) is 3.31. The Labute approximate surface area is 183 Å². The van der Waals surface area contributed by atoms with Crippen molar-refractivity contribution in [1.29, 1.82) is 0 Å². The number of hydrogen-bond donors (Lipinski definition) is 1. The number of thiazole rings is 1. The maximum Gasteiger partial charge on any atom is 0.239 e. The van der Waals surface area contributed by atoms with E-state index in [1.165, 1.54) is 23.1 Å². The highest BCUT2D eigenvalue weighted by Gasteiger charge is 2.22. The van der Waals surface area contributed by atoms with Gasteiger partial charge in [-0.2, -0.15) is 0 Å². The molecule has 9 heteroatoms. The number of nitrogens with one attached hydrogen (secondary N) is 1. The van der Waals surface area contributed by atoms with Gasteiger partial charge >= 0.3 is 0 Å². The highest BCUT2D eigenvalue weighted by Crippen LogP contribution is 2.29. The Balaban J connectivity index is 1.52. The number of hydrogen-bond acceptors (Lipinski definition) is 7. The van der Waals surface area contributed by atoms with Crippen molar-refractivity contribution >= 4 is 44.4 Å². The summed E-state index contributed by atoms with van der Waals surface area (Å²) in [6, 6.07) is 11.7. The van der Waals surface area contributed by atoms with Gasteiger partial charge in [-0.1, -0.05) is 49.1 Å². The smallest absolute Gasteiger partial charge is 0.239 e. The summed E-state index contributed by atoms with van der Waals surface area (Å²) in [5.41, 5.74) is 1.84. The number of aromatic nitrogens is 5. The molecule has 3 heterocycles. The second-order valence-corrected chi connectivity index (χ2v) is 9.62. The molecule has 0 spiro atoms. The van der Waals surface area contributed by atoms with E-state index in [0.717, 1.165) is 33.3 Å². The molecule has 154 valence electrons. The zero-order valence-electron chi connectivity index (χ0n) is 16.9. The van der Waals surface area contributed by atoms with Gasteiger partial charge < -0.3 is 9.88 Å². The molecule has 1 atom stereocenters. The summed E-state index contributed by atoms with van der Waals surface area (Å²) in [4.78, 5) is 21.3. The number of rotatable bonds is 7. The van der Waals surface area contributed by atoms with E-state index in [2.05, 4.69) is 43.9 Å². The van der Waals surface area contributed by atoms with Crippen molar-refractivity contribution in [2.75, 3.05) is 5.32 Å². The van der Waals surface area contributed by atoms with Crippen molar-refractivity contribution in [2.24, 2.45) is 5.92 Å². The van der Waals surface area contributed by atoms with Crippen LogP contribution in [0.25, 0.3) is 21.6 Å². The van der Waals surface area contributed by atoms with Crippen molar-refractivity contribution in [3.8, 4) is 11.4 Å². The van der Waals surface area contributed by atoms with Crippen molar-refractivity contribution in [1.82, 2.24) is 24.7 Å². The fourth-order valence-electron chi connectivity index (χ4n) is 2.96. The summed E-state index contributed by atoms with van der Waals surface area (Å²) in [5, 5.41) is 12.7. The minimum Gasteiger partial charge on any atom is -0.302 e. The van der Waals surface area contributed by atoms with Crippen LogP contribution in [0.2, 0.25) is 0 Å². The van der Waals surface area contributed by atoms with Crippen LogP contribution in [0.5, 0.6) is 0 Å². The van der Waals surface area contributed by atoms with Gasteiger partial charge in [-0.15, -0.1) is 10.2 Å². The third-order valence-electron chi connectivity index (χ3n) is 4.38. The second-order valence-electron chi connectivity index (χ2n) is 7.28. The minimum absolute atomic E-state index is 0.108. The fourth-order valence-corrected chi connectivity index (χ4v) is 4.69. The monoisotopic (exact) mass is 438 g/mol. The average molecular weight is 439 g/mol. The normalized spacial score (nSPS) is 12.4. The van der Waals surface area contributed by atoms with Gasteiger partial charge in [-0.05, 0) is 37.1 Å². The number of carbonyl (C=O) groups excluding carboxylic acids is 1. The van der Waals surface area contributed by atoms with E-state index in [-0.39, 0.29) is 11.2 Å². The standard InChI is InChI=1S/C21H22N6OS2/c1-13(2)12-27-18(15-8-10-22-11-9-15)25-26-21(27)29-14(3)19(28)24-20-23-16-6-4-5-7-17(16)30-20/h4-11,13-14H,12H2,1-3H3,(H,23,24,28). The number of amides is 1. The molecule has 0 fully saturated rings. The zero-order chi connectivity index (χ0) is 21.1. The van der Waals surface area contributed by atoms with Gasteiger partial charge in [0.1, 0.15) is 0 Å². The molecule has 1 amide bonds. The molecule has 1 N–H and O–H groups in total. The first-order valence-electron chi connectivity index (χ1n) is 9.68. The van der Waals surface area contributed by atoms with Crippen LogP contribution in [0.3, 0.4) is 0 Å². The van der Waals surface area contributed by atoms with E-state index in [0.29, 0.717) is 11.0 Å². The Kier molecular flexibility index (Phi) is 6.10. The van der Waals surface area contributed by atoms with Gasteiger partial charge in [0.05, 0.1) is 15.5 Å². The number of para-hydroxylation sites is 1. The first-order chi connectivity index (χ1) is 14.5. The van der Waals surface area contributed by atoms with Crippen LogP contribution < -0.4 is 5.32 Å². The van der Waals surface area contributed by atoms with E-state index in [1.807, 2.05) is 43.3 Å². The molecule has 0 saturated carbocycles. The lowest BCUT2D eigenvalue weighted by Crippen LogP contribution is -2.23. The van der Waals surface area contributed by atoms with Gasteiger partial charge in [0, 0.05) is 24.5 Å². The van der Waals surface area contributed by atoms with Crippen LogP contribution in [-0.4, -0.2) is 35.9 Å². The SMILES string of the molecule is CC(C)Cn1c(SC(C)C(=O)Nc2nc3ccccc3s2)nnc1-c1ccncc1. The van der Waals surface area contributed by atoms with Crippen LogP contribution in [0, 0.1) is 5.92 Å². The van der Waals surface area contributed by atoms with E-state index >= 15 is 0 Å². The Morgan fingerprint density at radius 3 is 2.63 bits per heavy atom. The molecule has 0 aliphatic heterocycles. The lowest BCUT2D eigenvalue weighted by molar-refractivity contribution is -0.115. The van der Waals surface area contributed by atoms with Gasteiger partial charge in [-0.3, -0.25) is 9.78 Å². The molecular weight excluding hydrogens is 416 g/mol. The lowest BCUT2D eigenvalue weighted by atomic mass is 10.2. The third-order valence-corrected chi connectivity index (χ3v) is 6.41. The maximum absolute atomic E-state index is 12.8. The Morgan fingerprint density at radius 2 is 1.90 bits per heavy atom. The van der Waals surface area contributed by atoms with Crippen molar-refractivity contribution in [2.45, 2.75) is 37.7 Å². The highest BCUT2D eigenvalue weighted by molar-refractivity contribution is 8.00. The zero-order valence-corrected chi connectivity index (χ0v) is 18.6. The number of benzene rings is 1. The number of carbonyl (C=O) groups is 1. The molecule has 1 unspecified atom stereocenters. The molecule has 7 nitrogen and oxygen atoms in total.